The summed E-state index contributed by atoms with van der Waals surface area (Å²) in [4.78, 5) is 10.1. The molecule has 0 N–H and O–H groups in total. The van der Waals surface area contributed by atoms with Crippen LogP contribution in [0.5, 0.6) is 0 Å². The molecule has 0 aliphatic carbocycles. The fraction of sp³-hybridized carbons (Fsp3) is 0.0435. The fourth-order valence-corrected chi connectivity index (χ4v) is 3.62. The number of benzene rings is 3. The quantitative estimate of drug-likeness (QED) is 0.230. The lowest BCUT2D eigenvalue weighted by Crippen LogP contribution is -1.93. The summed E-state index contributed by atoms with van der Waals surface area (Å²) < 4.78 is 7.30. The third-order valence-electron chi connectivity index (χ3n) is 4.79. The standard InChI is InChI=1S/C23H15Cl2N3O2/c24-19-8-5-15(11-20(19)25)14-30-26-13-21-22(27-23-28(21)9-10-29-23)18-7-6-16-3-1-2-4-17(16)12-18/h1-13H,14H2. The predicted octanol–water partition coefficient (Wildman–Crippen LogP) is 6.61. The van der Waals surface area contributed by atoms with E-state index >= 15 is 0 Å². The molecule has 0 radical (unpaired) electrons. The molecule has 0 bridgehead atoms. The predicted molar refractivity (Wildman–Crippen MR) is 119 cm³/mol. The molecule has 148 valence electrons. The van der Waals surface area contributed by atoms with E-state index in [0.717, 1.165) is 27.9 Å². The summed E-state index contributed by atoms with van der Waals surface area (Å²) in [6.45, 7) is 0.270. The van der Waals surface area contributed by atoms with Gasteiger partial charge >= 0.3 is 5.84 Å². The van der Waals surface area contributed by atoms with Gasteiger partial charge < -0.3 is 9.25 Å². The number of hydrogen-bond acceptors (Lipinski definition) is 4. The van der Waals surface area contributed by atoms with Crippen molar-refractivity contribution < 1.29 is 9.25 Å². The Morgan fingerprint density at radius 1 is 1.00 bits per heavy atom. The number of fused-ring (bicyclic) bond motifs is 2. The second-order valence-corrected chi connectivity index (χ2v) is 7.53. The number of nitrogens with zero attached hydrogens (tertiary/aromatic N) is 3. The van der Waals surface area contributed by atoms with E-state index in [2.05, 4.69) is 34.4 Å². The molecule has 30 heavy (non-hydrogen) atoms. The Morgan fingerprint density at radius 2 is 1.87 bits per heavy atom. The zero-order valence-electron chi connectivity index (χ0n) is 15.6. The van der Waals surface area contributed by atoms with E-state index in [0.29, 0.717) is 15.9 Å². The first-order chi connectivity index (χ1) is 14.7. The molecule has 3 aromatic carbocycles. The van der Waals surface area contributed by atoms with Crippen molar-refractivity contribution in [2.75, 3.05) is 0 Å². The second-order valence-electron chi connectivity index (χ2n) is 6.72. The molecule has 0 amide bonds. The van der Waals surface area contributed by atoms with Crippen LogP contribution >= 0.6 is 23.2 Å². The molecular weight excluding hydrogens is 421 g/mol. The molecule has 0 fully saturated rings. The molecule has 0 saturated carbocycles. The van der Waals surface area contributed by atoms with Crippen LogP contribution in [0.15, 0.2) is 82.7 Å². The summed E-state index contributed by atoms with van der Waals surface area (Å²) in [6.07, 6.45) is 5.02. The van der Waals surface area contributed by atoms with E-state index in [1.807, 2.05) is 28.7 Å². The van der Waals surface area contributed by atoms with E-state index in [4.69, 9.17) is 32.5 Å². The summed E-state index contributed by atoms with van der Waals surface area (Å²) in [5.41, 5.74) is 3.38. The van der Waals surface area contributed by atoms with Crippen LogP contribution in [0.2, 0.25) is 10.0 Å². The Morgan fingerprint density at radius 3 is 2.73 bits per heavy atom. The highest BCUT2D eigenvalue weighted by Gasteiger charge is 2.15. The van der Waals surface area contributed by atoms with Gasteiger partial charge in [-0.1, -0.05) is 70.8 Å². The summed E-state index contributed by atoms with van der Waals surface area (Å²) in [5.74, 6) is 0.490. The first-order valence-electron chi connectivity index (χ1n) is 9.23. The Labute approximate surface area is 182 Å². The van der Waals surface area contributed by atoms with Crippen molar-refractivity contribution in [1.82, 2.24) is 9.38 Å². The molecule has 5 rings (SSSR count). The molecule has 0 aliphatic rings. The maximum Gasteiger partial charge on any atom is 0.306 e. The SMILES string of the molecule is Clc1ccc(CON=Cc2c(-c3ccc4ccccc4c3)nc3occn23)cc1Cl. The lowest BCUT2D eigenvalue weighted by Gasteiger charge is -2.04. The molecule has 5 nitrogen and oxygen atoms in total. The van der Waals surface area contributed by atoms with Gasteiger partial charge in [0.05, 0.1) is 22.0 Å². The molecular formula is C23H15Cl2N3O2. The number of oxime groups is 1. The van der Waals surface area contributed by atoms with Crippen LogP contribution in [0, 0.1) is 0 Å². The van der Waals surface area contributed by atoms with Crippen molar-refractivity contribution in [3.8, 4) is 11.3 Å². The topological polar surface area (TPSA) is 52.0 Å². The number of hydrogen-bond donors (Lipinski definition) is 0. The minimum absolute atomic E-state index is 0.270. The maximum absolute atomic E-state index is 6.04. The van der Waals surface area contributed by atoms with E-state index in [1.54, 1.807) is 30.8 Å². The van der Waals surface area contributed by atoms with Gasteiger partial charge in [0.25, 0.3) is 0 Å². The highest BCUT2D eigenvalue weighted by molar-refractivity contribution is 6.42. The van der Waals surface area contributed by atoms with Crippen LogP contribution in [0.4, 0.5) is 0 Å². The van der Waals surface area contributed by atoms with Crippen molar-refractivity contribution in [1.29, 1.82) is 0 Å². The van der Waals surface area contributed by atoms with Crippen LogP contribution < -0.4 is 0 Å². The van der Waals surface area contributed by atoms with E-state index < -0.39 is 0 Å². The molecule has 0 saturated heterocycles. The van der Waals surface area contributed by atoms with E-state index in [-0.39, 0.29) is 6.61 Å². The van der Waals surface area contributed by atoms with Crippen LogP contribution in [0.3, 0.4) is 0 Å². The Hall–Kier alpha value is -3.28. The van der Waals surface area contributed by atoms with Gasteiger partial charge in [0.2, 0.25) is 0 Å². The maximum atomic E-state index is 6.04. The lowest BCUT2D eigenvalue weighted by atomic mass is 10.0. The number of imidazole rings is 1. The molecule has 5 aromatic rings. The molecule has 0 spiro atoms. The van der Waals surface area contributed by atoms with Crippen LogP contribution in [0.1, 0.15) is 11.3 Å². The lowest BCUT2D eigenvalue weighted by molar-refractivity contribution is 0.132. The van der Waals surface area contributed by atoms with Gasteiger partial charge in [-0.05, 0) is 34.5 Å². The molecule has 0 aliphatic heterocycles. The fourth-order valence-electron chi connectivity index (χ4n) is 3.30. The monoisotopic (exact) mass is 435 g/mol. The summed E-state index contributed by atoms with van der Waals surface area (Å²) in [6, 6.07) is 19.8. The molecule has 0 atom stereocenters. The third kappa shape index (κ3) is 3.54. The third-order valence-corrected chi connectivity index (χ3v) is 5.53. The van der Waals surface area contributed by atoms with E-state index in [1.165, 1.54) is 5.39 Å². The van der Waals surface area contributed by atoms with Gasteiger partial charge in [-0.15, -0.1) is 0 Å². The highest BCUT2D eigenvalue weighted by atomic mass is 35.5. The average molecular weight is 436 g/mol. The average Bonchev–Trinajstić information content (AvgIpc) is 3.35. The Kier molecular flexibility index (Phi) is 4.91. The first-order valence-corrected chi connectivity index (χ1v) is 9.98. The van der Waals surface area contributed by atoms with Gasteiger partial charge in [-0.3, -0.25) is 4.40 Å². The summed E-state index contributed by atoms with van der Waals surface area (Å²) >= 11 is 12.0. The second kappa shape index (κ2) is 7.86. The molecule has 2 aromatic heterocycles. The number of aromatic nitrogens is 2. The molecule has 7 heteroatoms. The number of oxazole rings is 1. The van der Waals surface area contributed by atoms with Gasteiger partial charge in [0.1, 0.15) is 18.6 Å². The van der Waals surface area contributed by atoms with Crippen LogP contribution in [0.25, 0.3) is 27.9 Å². The number of rotatable bonds is 5. The van der Waals surface area contributed by atoms with Crippen molar-refractivity contribution >= 4 is 46.0 Å². The Balaban J connectivity index is 1.45. The van der Waals surface area contributed by atoms with Crippen molar-refractivity contribution in [2.24, 2.45) is 5.16 Å². The minimum atomic E-state index is 0.270. The zero-order valence-corrected chi connectivity index (χ0v) is 17.1. The van der Waals surface area contributed by atoms with Gasteiger partial charge in [-0.25, -0.2) is 0 Å². The first kappa shape index (κ1) is 18.7. The van der Waals surface area contributed by atoms with Gasteiger partial charge in [0.15, 0.2) is 0 Å². The van der Waals surface area contributed by atoms with Crippen LogP contribution in [-0.2, 0) is 11.4 Å². The van der Waals surface area contributed by atoms with Crippen molar-refractivity contribution in [3.05, 3.63) is 94.4 Å². The van der Waals surface area contributed by atoms with Crippen molar-refractivity contribution in [2.45, 2.75) is 6.61 Å². The number of halogens is 2. The normalized spacial score (nSPS) is 11.7. The zero-order chi connectivity index (χ0) is 20.5. The smallest absolute Gasteiger partial charge is 0.306 e. The van der Waals surface area contributed by atoms with Gasteiger partial charge in [-0.2, -0.15) is 4.98 Å². The summed E-state index contributed by atoms with van der Waals surface area (Å²) in [5, 5.41) is 7.43. The van der Waals surface area contributed by atoms with Gasteiger partial charge in [0, 0.05) is 11.8 Å². The largest absolute Gasteiger partial charge is 0.432 e. The van der Waals surface area contributed by atoms with Crippen molar-refractivity contribution in [3.63, 3.8) is 0 Å². The minimum Gasteiger partial charge on any atom is -0.432 e. The highest BCUT2D eigenvalue weighted by Crippen LogP contribution is 2.27. The van der Waals surface area contributed by atoms with Crippen LogP contribution in [-0.4, -0.2) is 15.6 Å². The molecule has 2 heterocycles. The summed E-state index contributed by atoms with van der Waals surface area (Å²) in [7, 11) is 0. The Bertz CT molecular complexity index is 1390. The van der Waals surface area contributed by atoms with E-state index in [9.17, 15) is 0 Å². The molecule has 0 unspecified atom stereocenters.